The van der Waals surface area contributed by atoms with Crippen molar-refractivity contribution in [2.24, 2.45) is 5.92 Å². The summed E-state index contributed by atoms with van der Waals surface area (Å²) in [4.78, 5) is 37.1. The molecule has 0 aromatic carbocycles. The smallest absolute Gasteiger partial charge is 0.475 e. The Bertz CT molecular complexity index is 1030. The lowest BCUT2D eigenvalue weighted by molar-refractivity contribution is -0.192. The van der Waals surface area contributed by atoms with Crippen LogP contribution in [-0.2, 0) is 11.3 Å². The van der Waals surface area contributed by atoms with Gasteiger partial charge in [0.05, 0.1) is 0 Å². The second kappa shape index (κ2) is 10.6. The molecule has 2 aromatic rings. The molecular formula is C23H31F3N6O3. The molecule has 3 heterocycles. The summed E-state index contributed by atoms with van der Waals surface area (Å²) in [5, 5.41) is 7.12. The fourth-order valence-corrected chi connectivity index (χ4v) is 3.79. The fourth-order valence-electron chi connectivity index (χ4n) is 3.79. The van der Waals surface area contributed by atoms with E-state index in [0.717, 1.165) is 42.9 Å². The Morgan fingerprint density at radius 1 is 1.09 bits per heavy atom. The number of carboxylic acids is 1. The zero-order chi connectivity index (χ0) is 25.9. The van der Waals surface area contributed by atoms with Crippen molar-refractivity contribution >= 4 is 17.8 Å². The number of rotatable bonds is 6. The number of hydrogen-bond donors (Lipinski definition) is 1. The van der Waals surface area contributed by atoms with Crippen LogP contribution in [0.4, 0.5) is 19.1 Å². The fraction of sp³-hybridized carbons (Fsp3) is 0.565. The first-order valence-electron chi connectivity index (χ1n) is 11.3. The number of likely N-dealkylation sites (tertiary alicyclic amines) is 1. The maximum atomic E-state index is 13.3. The van der Waals surface area contributed by atoms with E-state index < -0.39 is 12.1 Å². The topological polar surface area (TPSA) is 94.8 Å². The van der Waals surface area contributed by atoms with E-state index in [1.54, 1.807) is 0 Å². The molecule has 1 aliphatic heterocycles. The predicted molar refractivity (Wildman–Crippen MR) is 124 cm³/mol. The molecule has 1 saturated heterocycles. The van der Waals surface area contributed by atoms with Crippen LogP contribution in [0.3, 0.4) is 0 Å². The van der Waals surface area contributed by atoms with Crippen LogP contribution in [0.2, 0.25) is 0 Å². The molecule has 1 aliphatic carbocycles. The third-order valence-corrected chi connectivity index (χ3v) is 6.06. The summed E-state index contributed by atoms with van der Waals surface area (Å²) < 4.78 is 33.9. The quantitative estimate of drug-likeness (QED) is 0.657. The first-order chi connectivity index (χ1) is 16.4. The Morgan fingerprint density at radius 2 is 1.69 bits per heavy atom. The number of hydrogen-bond acceptors (Lipinski definition) is 6. The molecule has 2 fully saturated rings. The molecule has 2 aromatic heterocycles. The number of amides is 1. The maximum absolute atomic E-state index is 13.3. The zero-order valence-electron chi connectivity index (χ0n) is 20.3. The van der Waals surface area contributed by atoms with Crippen molar-refractivity contribution in [3.05, 3.63) is 30.4 Å². The molecule has 1 N–H and O–H groups in total. The third kappa shape index (κ3) is 6.93. The lowest BCUT2D eigenvalue weighted by atomic mass is 10.2. The van der Waals surface area contributed by atoms with Crippen molar-refractivity contribution in [3.63, 3.8) is 0 Å². The number of carbonyl (C=O) groups excluding carboxylic acids is 1. The van der Waals surface area contributed by atoms with Crippen molar-refractivity contribution in [1.82, 2.24) is 24.3 Å². The second-order valence-electron chi connectivity index (χ2n) is 9.34. The lowest BCUT2D eigenvalue weighted by Crippen LogP contribution is -2.35. The van der Waals surface area contributed by atoms with Gasteiger partial charge >= 0.3 is 12.1 Å². The van der Waals surface area contributed by atoms with Gasteiger partial charge in [-0.25, -0.2) is 14.8 Å². The highest BCUT2D eigenvalue weighted by molar-refractivity contribution is 5.94. The number of anilines is 1. The van der Waals surface area contributed by atoms with Crippen LogP contribution < -0.4 is 4.90 Å². The maximum Gasteiger partial charge on any atom is 0.490 e. The van der Waals surface area contributed by atoms with Gasteiger partial charge in [-0.2, -0.15) is 13.2 Å². The number of likely N-dealkylation sites (N-methyl/N-ethyl adjacent to an activating group) is 1. The van der Waals surface area contributed by atoms with Gasteiger partial charge in [0, 0.05) is 69.5 Å². The van der Waals surface area contributed by atoms with Crippen LogP contribution in [-0.4, -0.2) is 94.8 Å². The van der Waals surface area contributed by atoms with Crippen molar-refractivity contribution in [3.8, 4) is 11.1 Å². The van der Waals surface area contributed by atoms with E-state index in [4.69, 9.17) is 9.90 Å². The highest BCUT2D eigenvalue weighted by Crippen LogP contribution is 2.33. The normalized spacial score (nSPS) is 17.8. The summed E-state index contributed by atoms with van der Waals surface area (Å²) >= 11 is 0. The van der Waals surface area contributed by atoms with Crippen LogP contribution in [0.15, 0.2) is 24.7 Å². The summed E-state index contributed by atoms with van der Waals surface area (Å²) in [6.45, 7) is 2.55. The predicted octanol–water partition coefficient (Wildman–Crippen LogP) is 2.83. The van der Waals surface area contributed by atoms with Crippen LogP contribution in [0.5, 0.6) is 0 Å². The molecule has 1 atom stereocenters. The Morgan fingerprint density at radius 3 is 2.14 bits per heavy atom. The monoisotopic (exact) mass is 496 g/mol. The molecule has 9 nitrogen and oxygen atoms in total. The molecule has 2 aliphatic rings. The van der Waals surface area contributed by atoms with Crippen LogP contribution in [0.25, 0.3) is 11.1 Å². The van der Waals surface area contributed by atoms with Gasteiger partial charge in [-0.15, -0.1) is 0 Å². The van der Waals surface area contributed by atoms with Crippen LogP contribution >= 0.6 is 0 Å². The van der Waals surface area contributed by atoms with Crippen molar-refractivity contribution in [1.29, 1.82) is 0 Å². The Kier molecular flexibility index (Phi) is 8.04. The molecule has 0 spiro atoms. The highest BCUT2D eigenvalue weighted by atomic mass is 19.4. The average Bonchev–Trinajstić information content (AvgIpc) is 3.29. The number of halogens is 3. The minimum atomic E-state index is -5.08. The number of nitrogens with zero attached hydrogens (tertiary/aromatic N) is 6. The standard InChI is InChI=1S/C21H30N6O.C2HF3O2/c1-24(2)18-7-8-26(14-18)20(28)19-9-16(13-27(19)12-15-5-6-15)17-10-22-21(23-11-17)25(3)4;3-2(4,5)1(6)7/h9-11,13,15,18H,5-8,12,14H2,1-4H3;(H,6,7). The molecule has 192 valence electrons. The van der Waals surface area contributed by atoms with E-state index >= 15 is 0 Å². The molecule has 1 amide bonds. The molecule has 4 rings (SSSR count). The van der Waals surface area contributed by atoms with E-state index in [2.05, 4.69) is 39.7 Å². The minimum absolute atomic E-state index is 0.141. The van der Waals surface area contributed by atoms with Gasteiger partial charge < -0.3 is 24.4 Å². The SMILES string of the molecule is CN(C)c1ncc(-c2cc(C(=O)N3CCC(N(C)C)C3)n(CC3CC3)c2)cn1.O=C(O)C(F)(F)F. The van der Waals surface area contributed by atoms with Gasteiger partial charge in [0.1, 0.15) is 5.69 Å². The third-order valence-electron chi connectivity index (χ3n) is 6.06. The van der Waals surface area contributed by atoms with Gasteiger partial charge in [0.15, 0.2) is 0 Å². The summed E-state index contributed by atoms with van der Waals surface area (Å²) in [5.74, 6) is -1.23. The second-order valence-corrected chi connectivity index (χ2v) is 9.34. The number of aromatic nitrogens is 3. The minimum Gasteiger partial charge on any atom is -0.475 e. The molecular weight excluding hydrogens is 465 g/mol. The molecule has 1 saturated carbocycles. The first-order valence-corrected chi connectivity index (χ1v) is 11.3. The lowest BCUT2D eigenvalue weighted by Gasteiger charge is -2.21. The molecule has 0 radical (unpaired) electrons. The molecule has 1 unspecified atom stereocenters. The summed E-state index contributed by atoms with van der Waals surface area (Å²) in [6.07, 6.45) is 4.24. The average molecular weight is 497 g/mol. The van der Waals surface area contributed by atoms with E-state index in [1.807, 2.05) is 42.4 Å². The number of carboxylic acid groups (broad SMARTS) is 1. The van der Waals surface area contributed by atoms with E-state index in [9.17, 15) is 18.0 Å². The largest absolute Gasteiger partial charge is 0.490 e. The number of aliphatic carboxylic acids is 1. The van der Waals surface area contributed by atoms with Crippen LogP contribution in [0, 0.1) is 5.92 Å². The molecule has 12 heteroatoms. The van der Waals surface area contributed by atoms with Crippen molar-refractivity contribution in [2.75, 3.05) is 46.2 Å². The number of carbonyl (C=O) groups is 2. The Balaban J connectivity index is 0.000000429. The van der Waals surface area contributed by atoms with E-state index in [1.165, 1.54) is 12.8 Å². The summed E-state index contributed by atoms with van der Waals surface area (Å²) in [5.41, 5.74) is 2.75. The van der Waals surface area contributed by atoms with Gasteiger partial charge in [0.2, 0.25) is 5.95 Å². The first kappa shape index (κ1) is 26.5. The van der Waals surface area contributed by atoms with Gasteiger partial charge in [-0.1, -0.05) is 0 Å². The summed E-state index contributed by atoms with van der Waals surface area (Å²) in [7, 11) is 8.03. The van der Waals surface area contributed by atoms with Crippen molar-refractivity contribution < 1.29 is 27.9 Å². The van der Waals surface area contributed by atoms with Gasteiger partial charge in [-0.05, 0) is 45.3 Å². The Hall–Kier alpha value is -3.15. The van der Waals surface area contributed by atoms with Crippen LogP contribution in [0.1, 0.15) is 29.8 Å². The molecule has 35 heavy (non-hydrogen) atoms. The number of alkyl halides is 3. The van der Waals surface area contributed by atoms with Gasteiger partial charge in [-0.3, -0.25) is 4.79 Å². The summed E-state index contributed by atoms with van der Waals surface area (Å²) in [6, 6.07) is 2.46. The molecule has 0 bridgehead atoms. The zero-order valence-corrected chi connectivity index (χ0v) is 20.3. The Labute approximate surface area is 202 Å². The van der Waals surface area contributed by atoms with E-state index in [0.29, 0.717) is 17.9 Å². The van der Waals surface area contributed by atoms with Crippen molar-refractivity contribution in [2.45, 2.75) is 38.0 Å². The highest BCUT2D eigenvalue weighted by Gasteiger charge is 2.38. The van der Waals surface area contributed by atoms with E-state index in [-0.39, 0.29) is 5.91 Å². The van der Waals surface area contributed by atoms with Gasteiger partial charge in [0.25, 0.3) is 5.91 Å².